The number of rotatable bonds is 5. The molecule has 1 fully saturated rings. The van der Waals surface area contributed by atoms with E-state index in [1.807, 2.05) is 41.5 Å². The van der Waals surface area contributed by atoms with Crippen LogP contribution in [0.3, 0.4) is 0 Å². The Morgan fingerprint density at radius 2 is 2.00 bits per heavy atom. The van der Waals surface area contributed by atoms with Crippen LogP contribution in [-0.4, -0.2) is 41.2 Å². The zero-order chi connectivity index (χ0) is 14.8. The first-order valence-electron chi connectivity index (χ1n) is 6.85. The van der Waals surface area contributed by atoms with E-state index < -0.39 is 23.4 Å². The minimum absolute atomic E-state index is 0.358. The highest BCUT2D eigenvalue weighted by Gasteiger charge is 2.50. The van der Waals surface area contributed by atoms with Crippen molar-refractivity contribution in [1.82, 2.24) is 5.32 Å². The summed E-state index contributed by atoms with van der Waals surface area (Å²) in [4.78, 5) is 11.8. The molecule has 1 saturated heterocycles. The maximum absolute atomic E-state index is 11.8. The fourth-order valence-corrected chi connectivity index (χ4v) is 1.94. The number of nitrogens with one attached hydrogen (secondary N) is 1. The molecule has 1 heterocycles. The van der Waals surface area contributed by atoms with Gasteiger partial charge in [-0.2, -0.15) is 0 Å². The molecule has 1 rings (SSSR count). The lowest BCUT2D eigenvalue weighted by Gasteiger charge is -2.29. The van der Waals surface area contributed by atoms with Crippen molar-refractivity contribution in [2.75, 3.05) is 6.61 Å². The molecule has 1 unspecified atom stereocenters. The molecular weight excluding hydrogens is 246 g/mol. The molecule has 1 aliphatic rings. The molecule has 0 aliphatic carbocycles. The zero-order valence-corrected chi connectivity index (χ0v) is 12.8. The molecule has 0 radical (unpaired) electrons. The standard InChI is InChI=1S/C14H27NO4/c1-9(2)7-10(11(16)14(6)8-18-14)15-12(17)19-13(3,4)5/h9-11,16H,7-8H2,1-6H3,(H,15,17)/t10?,11-,14-/m0/s1. The van der Waals surface area contributed by atoms with Crippen molar-refractivity contribution in [2.24, 2.45) is 5.92 Å². The Morgan fingerprint density at radius 3 is 2.37 bits per heavy atom. The molecule has 0 spiro atoms. The summed E-state index contributed by atoms with van der Waals surface area (Å²) in [7, 11) is 0. The van der Waals surface area contributed by atoms with E-state index >= 15 is 0 Å². The van der Waals surface area contributed by atoms with E-state index in [0.29, 0.717) is 18.9 Å². The minimum Gasteiger partial charge on any atom is -0.444 e. The number of aliphatic hydroxyl groups excluding tert-OH is 1. The number of carbonyl (C=O) groups excluding carboxylic acids is 1. The normalized spacial score (nSPS) is 25.9. The molecule has 0 saturated carbocycles. The Bertz CT molecular complexity index is 318. The molecule has 5 nitrogen and oxygen atoms in total. The smallest absolute Gasteiger partial charge is 0.407 e. The first-order valence-corrected chi connectivity index (χ1v) is 6.85. The first kappa shape index (κ1) is 16.2. The van der Waals surface area contributed by atoms with E-state index in [4.69, 9.17) is 9.47 Å². The average Bonchev–Trinajstić information content (AvgIpc) is 2.92. The third-order valence-electron chi connectivity index (χ3n) is 3.03. The molecule has 3 atom stereocenters. The fourth-order valence-electron chi connectivity index (χ4n) is 1.94. The maximum Gasteiger partial charge on any atom is 0.407 e. The van der Waals surface area contributed by atoms with E-state index in [2.05, 4.69) is 5.32 Å². The van der Waals surface area contributed by atoms with Crippen molar-refractivity contribution in [2.45, 2.75) is 71.3 Å². The van der Waals surface area contributed by atoms with Crippen molar-refractivity contribution < 1.29 is 19.4 Å². The van der Waals surface area contributed by atoms with Crippen molar-refractivity contribution in [3.05, 3.63) is 0 Å². The molecule has 1 aliphatic heterocycles. The number of aliphatic hydroxyl groups is 1. The van der Waals surface area contributed by atoms with Crippen LogP contribution < -0.4 is 5.32 Å². The largest absolute Gasteiger partial charge is 0.444 e. The minimum atomic E-state index is -0.720. The molecule has 5 heteroatoms. The molecular formula is C14H27NO4. The quantitative estimate of drug-likeness (QED) is 0.752. The van der Waals surface area contributed by atoms with Crippen LogP contribution in [0.4, 0.5) is 4.79 Å². The van der Waals surface area contributed by atoms with Gasteiger partial charge in [-0.1, -0.05) is 13.8 Å². The van der Waals surface area contributed by atoms with Gasteiger partial charge in [-0.25, -0.2) is 4.79 Å². The molecule has 112 valence electrons. The van der Waals surface area contributed by atoms with Crippen LogP contribution in [0, 0.1) is 5.92 Å². The highest BCUT2D eigenvalue weighted by atomic mass is 16.6. The summed E-state index contributed by atoms with van der Waals surface area (Å²) in [5.41, 5.74) is -1.08. The Balaban J connectivity index is 2.62. The van der Waals surface area contributed by atoms with Gasteiger partial charge in [0.15, 0.2) is 0 Å². The third kappa shape index (κ3) is 5.37. The zero-order valence-electron chi connectivity index (χ0n) is 12.8. The number of hydrogen-bond donors (Lipinski definition) is 2. The summed E-state index contributed by atoms with van der Waals surface area (Å²) < 4.78 is 10.5. The van der Waals surface area contributed by atoms with E-state index in [0.717, 1.165) is 0 Å². The van der Waals surface area contributed by atoms with Gasteiger partial charge < -0.3 is 19.9 Å². The van der Waals surface area contributed by atoms with Crippen molar-refractivity contribution in [3.63, 3.8) is 0 Å². The van der Waals surface area contributed by atoms with E-state index in [1.165, 1.54) is 0 Å². The fraction of sp³-hybridized carbons (Fsp3) is 0.929. The second kappa shape index (κ2) is 5.67. The Kier molecular flexibility index (Phi) is 4.85. The van der Waals surface area contributed by atoms with Gasteiger partial charge in [0, 0.05) is 0 Å². The molecule has 1 amide bonds. The summed E-state index contributed by atoms with van der Waals surface area (Å²) in [5.74, 6) is 0.358. The Labute approximate surface area is 115 Å². The second-order valence-electron chi connectivity index (χ2n) is 6.93. The number of epoxide rings is 1. The van der Waals surface area contributed by atoms with Crippen LogP contribution in [0.15, 0.2) is 0 Å². The van der Waals surface area contributed by atoms with Crippen LogP contribution in [0.1, 0.15) is 48.0 Å². The maximum atomic E-state index is 11.8. The van der Waals surface area contributed by atoms with E-state index in [-0.39, 0.29) is 6.04 Å². The molecule has 0 aromatic rings. The van der Waals surface area contributed by atoms with Crippen LogP contribution in [0.2, 0.25) is 0 Å². The predicted octanol–water partition coefficient (Wildman–Crippen LogP) is 2.08. The van der Waals surface area contributed by atoms with Crippen molar-refractivity contribution in [3.8, 4) is 0 Å². The highest BCUT2D eigenvalue weighted by molar-refractivity contribution is 5.68. The summed E-state index contributed by atoms with van der Waals surface area (Å²) in [6.07, 6.45) is -0.539. The molecule has 0 bridgehead atoms. The van der Waals surface area contributed by atoms with Gasteiger partial charge in [-0.15, -0.1) is 0 Å². The van der Waals surface area contributed by atoms with Crippen molar-refractivity contribution in [1.29, 1.82) is 0 Å². The third-order valence-corrected chi connectivity index (χ3v) is 3.03. The number of ether oxygens (including phenoxy) is 2. The topological polar surface area (TPSA) is 71.1 Å². The second-order valence-corrected chi connectivity index (χ2v) is 6.93. The van der Waals surface area contributed by atoms with Crippen molar-refractivity contribution >= 4 is 6.09 Å². The first-order chi connectivity index (χ1) is 8.53. The summed E-state index contributed by atoms with van der Waals surface area (Å²) in [6.45, 7) is 11.9. The Morgan fingerprint density at radius 1 is 1.47 bits per heavy atom. The number of amides is 1. The lowest BCUT2D eigenvalue weighted by Crippen LogP contribution is -2.51. The Hall–Kier alpha value is -0.810. The van der Waals surface area contributed by atoms with E-state index in [9.17, 15) is 9.90 Å². The summed E-state index contributed by atoms with van der Waals surface area (Å²) in [5, 5.41) is 13.1. The highest BCUT2D eigenvalue weighted by Crippen LogP contribution is 2.33. The monoisotopic (exact) mass is 273 g/mol. The van der Waals surface area contributed by atoms with Gasteiger partial charge in [0.2, 0.25) is 0 Å². The van der Waals surface area contributed by atoms with Crippen LogP contribution in [0.25, 0.3) is 0 Å². The predicted molar refractivity (Wildman–Crippen MR) is 73.0 cm³/mol. The summed E-state index contributed by atoms with van der Waals surface area (Å²) >= 11 is 0. The lowest BCUT2D eigenvalue weighted by atomic mass is 9.92. The van der Waals surface area contributed by atoms with Gasteiger partial charge >= 0.3 is 6.09 Å². The van der Waals surface area contributed by atoms with E-state index in [1.54, 1.807) is 0 Å². The van der Waals surface area contributed by atoms with Crippen LogP contribution >= 0.6 is 0 Å². The number of hydrogen-bond acceptors (Lipinski definition) is 4. The lowest BCUT2D eigenvalue weighted by molar-refractivity contribution is 0.0228. The number of carbonyl (C=O) groups is 1. The molecule has 0 aromatic carbocycles. The van der Waals surface area contributed by atoms with Gasteiger partial charge in [0.1, 0.15) is 17.3 Å². The van der Waals surface area contributed by atoms with Gasteiger partial charge in [0.05, 0.1) is 12.6 Å². The molecule has 2 N–H and O–H groups in total. The van der Waals surface area contributed by atoms with Crippen LogP contribution in [0.5, 0.6) is 0 Å². The van der Waals surface area contributed by atoms with Gasteiger partial charge in [-0.05, 0) is 40.0 Å². The summed E-state index contributed by atoms with van der Waals surface area (Å²) in [6, 6.07) is -0.359. The molecule has 19 heavy (non-hydrogen) atoms. The van der Waals surface area contributed by atoms with Crippen LogP contribution in [-0.2, 0) is 9.47 Å². The number of alkyl carbamates (subject to hydrolysis) is 1. The average molecular weight is 273 g/mol. The van der Waals surface area contributed by atoms with Gasteiger partial charge in [-0.3, -0.25) is 0 Å². The SMILES string of the molecule is CC(C)CC(NC(=O)OC(C)(C)C)[C@H](O)[C@]1(C)CO1. The molecule has 0 aromatic heterocycles. The van der Waals surface area contributed by atoms with Gasteiger partial charge in [0.25, 0.3) is 0 Å².